The molecule has 2 atom stereocenters. The predicted molar refractivity (Wildman–Crippen MR) is 81.2 cm³/mol. The topological polar surface area (TPSA) is 40.5 Å². The van der Waals surface area contributed by atoms with Gasteiger partial charge >= 0.3 is 0 Å². The SMILES string of the molecule is CC1C(=O)N(C)c2ccc(C(O)Cc3cccs3)cc21. The van der Waals surface area contributed by atoms with E-state index >= 15 is 0 Å². The first-order valence-electron chi connectivity index (χ1n) is 6.70. The molecule has 1 amide bonds. The lowest BCUT2D eigenvalue weighted by atomic mass is 9.97. The van der Waals surface area contributed by atoms with E-state index < -0.39 is 6.10 Å². The minimum absolute atomic E-state index is 0.116. The fourth-order valence-electron chi connectivity index (χ4n) is 2.71. The van der Waals surface area contributed by atoms with Crippen molar-refractivity contribution in [3.05, 3.63) is 51.7 Å². The van der Waals surface area contributed by atoms with E-state index in [-0.39, 0.29) is 11.8 Å². The van der Waals surface area contributed by atoms with Crippen LogP contribution in [-0.4, -0.2) is 18.1 Å². The summed E-state index contributed by atoms with van der Waals surface area (Å²) in [5.74, 6) is -0.00576. The van der Waals surface area contributed by atoms with E-state index in [1.807, 2.05) is 42.6 Å². The van der Waals surface area contributed by atoms with Crippen LogP contribution in [0.4, 0.5) is 5.69 Å². The maximum atomic E-state index is 12.0. The molecule has 0 radical (unpaired) electrons. The highest BCUT2D eigenvalue weighted by molar-refractivity contribution is 7.09. The molecule has 0 saturated heterocycles. The Morgan fingerprint density at radius 3 is 2.90 bits per heavy atom. The second-order valence-corrected chi connectivity index (χ2v) is 6.27. The van der Waals surface area contributed by atoms with Crippen LogP contribution in [0.25, 0.3) is 0 Å². The summed E-state index contributed by atoms with van der Waals surface area (Å²) in [6.07, 6.45) is 0.0985. The predicted octanol–water partition coefficient (Wildman–Crippen LogP) is 3.10. The van der Waals surface area contributed by atoms with Crippen LogP contribution in [0, 0.1) is 0 Å². The Bertz CT molecular complexity index is 636. The molecule has 2 unspecified atom stereocenters. The molecule has 104 valence electrons. The Balaban J connectivity index is 1.88. The molecule has 2 heterocycles. The van der Waals surface area contributed by atoms with Crippen molar-refractivity contribution in [1.29, 1.82) is 0 Å². The van der Waals surface area contributed by atoms with Crippen LogP contribution < -0.4 is 4.90 Å². The van der Waals surface area contributed by atoms with E-state index in [0.29, 0.717) is 6.42 Å². The lowest BCUT2D eigenvalue weighted by Crippen LogP contribution is -2.22. The lowest BCUT2D eigenvalue weighted by Gasteiger charge is -2.13. The molecule has 2 aromatic rings. The molecule has 0 aliphatic carbocycles. The second kappa shape index (κ2) is 5.04. The summed E-state index contributed by atoms with van der Waals surface area (Å²) in [7, 11) is 1.80. The van der Waals surface area contributed by atoms with Crippen molar-refractivity contribution >= 4 is 22.9 Å². The molecule has 20 heavy (non-hydrogen) atoms. The third-order valence-electron chi connectivity index (χ3n) is 3.94. The van der Waals surface area contributed by atoms with E-state index in [9.17, 15) is 9.90 Å². The molecule has 4 heteroatoms. The van der Waals surface area contributed by atoms with E-state index in [1.54, 1.807) is 23.3 Å². The summed E-state index contributed by atoms with van der Waals surface area (Å²) in [5, 5.41) is 12.4. The van der Waals surface area contributed by atoms with Crippen LogP contribution >= 0.6 is 11.3 Å². The van der Waals surface area contributed by atoms with Crippen LogP contribution in [0.3, 0.4) is 0 Å². The second-order valence-electron chi connectivity index (χ2n) is 5.24. The van der Waals surface area contributed by atoms with Crippen molar-refractivity contribution in [1.82, 2.24) is 0 Å². The number of hydrogen-bond donors (Lipinski definition) is 1. The maximum Gasteiger partial charge on any atom is 0.234 e. The summed E-state index contributed by atoms with van der Waals surface area (Å²) < 4.78 is 0. The van der Waals surface area contributed by atoms with Gasteiger partial charge in [0.15, 0.2) is 0 Å². The Morgan fingerprint density at radius 2 is 2.20 bits per heavy atom. The number of aliphatic hydroxyl groups excluding tert-OH is 1. The van der Waals surface area contributed by atoms with E-state index in [2.05, 4.69) is 0 Å². The van der Waals surface area contributed by atoms with Gasteiger partial charge in [0.05, 0.1) is 12.0 Å². The number of nitrogens with zero attached hydrogens (tertiary/aromatic N) is 1. The van der Waals surface area contributed by atoms with Crippen LogP contribution in [0.2, 0.25) is 0 Å². The number of carbonyl (C=O) groups is 1. The fourth-order valence-corrected chi connectivity index (χ4v) is 3.46. The first-order valence-corrected chi connectivity index (χ1v) is 7.57. The number of benzene rings is 1. The third-order valence-corrected chi connectivity index (χ3v) is 4.84. The molecule has 1 aromatic carbocycles. The van der Waals surface area contributed by atoms with Crippen LogP contribution in [0.5, 0.6) is 0 Å². The molecule has 3 rings (SSSR count). The maximum absolute atomic E-state index is 12.0. The Kier molecular flexibility index (Phi) is 3.36. The number of thiophene rings is 1. The van der Waals surface area contributed by atoms with Gasteiger partial charge in [0.2, 0.25) is 5.91 Å². The molecule has 0 bridgehead atoms. The van der Waals surface area contributed by atoms with Crippen LogP contribution in [0.15, 0.2) is 35.7 Å². The fraction of sp³-hybridized carbons (Fsp3) is 0.312. The number of fused-ring (bicyclic) bond motifs is 1. The van der Waals surface area contributed by atoms with Gasteiger partial charge in [0, 0.05) is 24.0 Å². The van der Waals surface area contributed by atoms with E-state index in [4.69, 9.17) is 0 Å². The molecule has 0 spiro atoms. The molecule has 1 aliphatic heterocycles. The van der Waals surface area contributed by atoms with Gasteiger partial charge in [-0.25, -0.2) is 0 Å². The van der Waals surface area contributed by atoms with Gasteiger partial charge in [-0.05, 0) is 35.6 Å². The van der Waals surface area contributed by atoms with Crippen molar-refractivity contribution in [2.45, 2.75) is 25.4 Å². The number of hydrogen-bond acceptors (Lipinski definition) is 3. The number of aliphatic hydroxyl groups is 1. The van der Waals surface area contributed by atoms with Crippen LogP contribution in [0.1, 0.15) is 34.9 Å². The summed E-state index contributed by atoms with van der Waals surface area (Å²) in [6.45, 7) is 1.92. The third kappa shape index (κ3) is 2.15. The standard InChI is InChI=1S/C16H17NO2S/c1-10-13-8-11(5-6-14(13)17(2)16(10)19)15(18)9-12-4-3-7-20-12/h3-8,10,15,18H,9H2,1-2H3. The van der Waals surface area contributed by atoms with Crippen molar-refractivity contribution in [3.63, 3.8) is 0 Å². The van der Waals surface area contributed by atoms with Gasteiger partial charge in [0.25, 0.3) is 0 Å². The summed E-state index contributed by atoms with van der Waals surface area (Å²) in [5.41, 5.74) is 2.85. The Labute approximate surface area is 122 Å². The van der Waals surface area contributed by atoms with Crippen molar-refractivity contribution in [2.75, 3.05) is 11.9 Å². The summed E-state index contributed by atoms with van der Waals surface area (Å²) in [4.78, 5) is 14.8. The van der Waals surface area contributed by atoms with Gasteiger partial charge in [0.1, 0.15) is 0 Å². The Morgan fingerprint density at radius 1 is 1.40 bits per heavy atom. The monoisotopic (exact) mass is 287 g/mol. The van der Waals surface area contributed by atoms with E-state index in [1.165, 1.54) is 4.88 Å². The first-order chi connectivity index (χ1) is 9.58. The van der Waals surface area contributed by atoms with Gasteiger partial charge in [-0.3, -0.25) is 4.79 Å². The smallest absolute Gasteiger partial charge is 0.234 e. The van der Waals surface area contributed by atoms with E-state index in [0.717, 1.165) is 16.8 Å². The van der Waals surface area contributed by atoms with Gasteiger partial charge in [-0.15, -0.1) is 11.3 Å². The lowest BCUT2D eigenvalue weighted by molar-refractivity contribution is -0.118. The normalized spacial score (nSPS) is 19.2. The summed E-state index contributed by atoms with van der Waals surface area (Å²) in [6, 6.07) is 9.84. The molecule has 1 aliphatic rings. The number of carbonyl (C=O) groups excluding carboxylic acids is 1. The van der Waals surface area contributed by atoms with Gasteiger partial charge < -0.3 is 10.0 Å². The first kappa shape index (κ1) is 13.3. The molecule has 0 saturated carbocycles. The number of anilines is 1. The van der Waals surface area contributed by atoms with Crippen molar-refractivity contribution < 1.29 is 9.90 Å². The van der Waals surface area contributed by atoms with Crippen LogP contribution in [-0.2, 0) is 11.2 Å². The highest BCUT2D eigenvalue weighted by atomic mass is 32.1. The highest BCUT2D eigenvalue weighted by Crippen LogP contribution is 2.37. The quantitative estimate of drug-likeness (QED) is 0.942. The molecule has 1 N–H and O–H groups in total. The molecular weight excluding hydrogens is 270 g/mol. The van der Waals surface area contributed by atoms with Crippen molar-refractivity contribution in [2.24, 2.45) is 0 Å². The van der Waals surface area contributed by atoms with Gasteiger partial charge in [-0.2, -0.15) is 0 Å². The number of rotatable bonds is 3. The minimum Gasteiger partial charge on any atom is -0.388 e. The summed E-state index contributed by atoms with van der Waals surface area (Å²) >= 11 is 1.65. The van der Waals surface area contributed by atoms with Crippen molar-refractivity contribution in [3.8, 4) is 0 Å². The molecule has 1 aromatic heterocycles. The highest BCUT2D eigenvalue weighted by Gasteiger charge is 2.32. The zero-order valence-corrected chi connectivity index (χ0v) is 12.4. The zero-order valence-electron chi connectivity index (χ0n) is 11.5. The molecule has 3 nitrogen and oxygen atoms in total. The number of amides is 1. The zero-order chi connectivity index (χ0) is 14.3. The largest absolute Gasteiger partial charge is 0.388 e. The average Bonchev–Trinajstić information content (AvgIpc) is 3.03. The average molecular weight is 287 g/mol. The minimum atomic E-state index is -0.521. The number of likely N-dealkylation sites (N-methyl/N-ethyl adjacent to an activating group) is 1. The molecular formula is C16H17NO2S. The molecule has 0 fully saturated rings. The van der Waals surface area contributed by atoms with Gasteiger partial charge in [-0.1, -0.05) is 18.2 Å². The Hall–Kier alpha value is -1.65.